The molecule has 1 saturated heterocycles. The number of benzene rings is 1. The van der Waals surface area contributed by atoms with Gasteiger partial charge in [0, 0.05) is 26.2 Å². The van der Waals surface area contributed by atoms with Gasteiger partial charge in [-0.15, -0.1) is 0 Å². The predicted octanol–water partition coefficient (Wildman–Crippen LogP) is 3.02. The molecule has 7 heteroatoms. The van der Waals surface area contributed by atoms with Crippen molar-refractivity contribution in [2.24, 2.45) is 11.3 Å². The van der Waals surface area contributed by atoms with Gasteiger partial charge in [-0.1, -0.05) is 24.3 Å². The lowest BCUT2D eigenvalue weighted by Crippen LogP contribution is -2.43. The minimum atomic E-state index is -0.466. The predicted molar refractivity (Wildman–Crippen MR) is 110 cm³/mol. The molecule has 1 aliphatic heterocycles. The van der Waals surface area contributed by atoms with Crippen LogP contribution in [-0.4, -0.2) is 47.4 Å². The van der Waals surface area contributed by atoms with E-state index >= 15 is 0 Å². The van der Waals surface area contributed by atoms with Crippen LogP contribution in [0.4, 0.5) is 9.59 Å². The molecular formula is C22H33N3O4. The zero-order valence-electron chi connectivity index (χ0n) is 17.7. The fraction of sp³-hybridized carbons (Fsp3) is 0.636. The highest BCUT2D eigenvalue weighted by Gasteiger charge is 2.55. The number of nitrogens with one attached hydrogen (secondary N) is 2. The van der Waals surface area contributed by atoms with Gasteiger partial charge in [-0.05, 0) is 62.5 Å². The summed E-state index contributed by atoms with van der Waals surface area (Å²) in [7, 11) is 0. The van der Waals surface area contributed by atoms with Crippen LogP contribution in [0, 0.1) is 11.3 Å². The first-order valence-electron chi connectivity index (χ1n) is 10.4. The van der Waals surface area contributed by atoms with E-state index in [0.29, 0.717) is 19.0 Å². The second-order valence-electron chi connectivity index (χ2n) is 9.27. The number of nitrogens with zero attached hydrogens (tertiary/aromatic N) is 1. The minimum absolute atomic E-state index is 0.0207. The Balaban J connectivity index is 1.35. The van der Waals surface area contributed by atoms with Gasteiger partial charge in [0.2, 0.25) is 0 Å². The number of carbonyl (C=O) groups excluding carboxylic acids is 2. The number of ether oxygens (including phenoxy) is 1. The van der Waals surface area contributed by atoms with Gasteiger partial charge in [-0.25, -0.2) is 9.59 Å². The molecule has 0 radical (unpaired) electrons. The average Bonchev–Trinajstić information content (AvgIpc) is 3.35. The highest BCUT2D eigenvalue weighted by molar-refractivity contribution is 5.73. The quantitative estimate of drug-likeness (QED) is 0.705. The van der Waals surface area contributed by atoms with Gasteiger partial charge in [0.1, 0.15) is 5.60 Å². The summed E-state index contributed by atoms with van der Waals surface area (Å²) < 4.78 is 5.46. The van der Waals surface area contributed by atoms with Gasteiger partial charge in [-0.3, -0.25) is 0 Å². The summed E-state index contributed by atoms with van der Waals surface area (Å²) in [6.07, 6.45) is 2.82. The topological polar surface area (TPSA) is 90.9 Å². The second-order valence-corrected chi connectivity index (χ2v) is 9.27. The van der Waals surface area contributed by atoms with E-state index in [1.165, 1.54) is 0 Å². The summed E-state index contributed by atoms with van der Waals surface area (Å²) >= 11 is 0. The van der Waals surface area contributed by atoms with E-state index in [1.54, 1.807) is 4.90 Å². The summed E-state index contributed by atoms with van der Waals surface area (Å²) in [5.41, 5.74) is 1.66. The first-order valence-corrected chi connectivity index (χ1v) is 10.4. The normalized spacial score (nSPS) is 20.3. The molecule has 1 spiro atoms. The molecule has 29 heavy (non-hydrogen) atoms. The lowest BCUT2D eigenvalue weighted by atomic mass is 9.91. The number of carbonyl (C=O) groups is 2. The molecule has 1 aromatic carbocycles. The number of hydrogen-bond acceptors (Lipinski definition) is 4. The third-order valence-electron chi connectivity index (χ3n) is 5.94. The van der Waals surface area contributed by atoms with Crippen LogP contribution in [0.3, 0.4) is 0 Å². The summed E-state index contributed by atoms with van der Waals surface area (Å²) in [5.74, 6) is 0.484. The van der Waals surface area contributed by atoms with E-state index in [9.17, 15) is 9.59 Å². The molecule has 0 bridgehead atoms. The molecular weight excluding hydrogens is 370 g/mol. The fourth-order valence-electron chi connectivity index (χ4n) is 4.02. The summed E-state index contributed by atoms with van der Waals surface area (Å²) in [5, 5.41) is 14.9. The number of aliphatic hydroxyl groups excluding tert-OH is 1. The highest BCUT2D eigenvalue weighted by atomic mass is 16.6. The molecule has 2 aliphatic rings. The van der Waals surface area contributed by atoms with Gasteiger partial charge in [-0.2, -0.15) is 0 Å². The maximum absolute atomic E-state index is 12.2. The van der Waals surface area contributed by atoms with Crippen molar-refractivity contribution in [1.29, 1.82) is 0 Å². The molecule has 7 nitrogen and oxygen atoms in total. The van der Waals surface area contributed by atoms with Crippen molar-refractivity contribution in [3.63, 3.8) is 0 Å². The Kier molecular flexibility index (Phi) is 6.36. The Labute approximate surface area is 172 Å². The van der Waals surface area contributed by atoms with E-state index in [0.717, 1.165) is 43.5 Å². The largest absolute Gasteiger partial charge is 0.444 e. The van der Waals surface area contributed by atoms with E-state index in [2.05, 4.69) is 10.6 Å². The third kappa shape index (κ3) is 5.85. The van der Waals surface area contributed by atoms with Crippen molar-refractivity contribution in [3.8, 4) is 0 Å². The Morgan fingerprint density at radius 3 is 2.34 bits per heavy atom. The Morgan fingerprint density at radius 1 is 1.14 bits per heavy atom. The van der Waals surface area contributed by atoms with Crippen molar-refractivity contribution in [2.45, 2.75) is 58.8 Å². The van der Waals surface area contributed by atoms with Gasteiger partial charge in [0.25, 0.3) is 0 Å². The molecule has 160 valence electrons. The van der Waals surface area contributed by atoms with Crippen LogP contribution in [0.1, 0.15) is 51.2 Å². The third-order valence-corrected chi connectivity index (χ3v) is 5.94. The van der Waals surface area contributed by atoms with Crippen LogP contribution >= 0.6 is 0 Å². The van der Waals surface area contributed by atoms with Crippen LogP contribution in [-0.2, 0) is 17.9 Å². The maximum atomic E-state index is 12.2. The van der Waals surface area contributed by atoms with Gasteiger partial charge >= 0.3 is 12.1 Å². The number of aliphatic hydroxyl groups is 1. The Morgan fingerprint density at radius 2 is 1.76 bits per heavy atom. The van der Waals surface area contributed by atoms with Crippen molar-refractivity contribution < 1.29 is 19.4 Å². The summed E-state index contributed by atoms with van der Waals surface area (Å²) in [4.78, 5) is 26.1. The van der Waals surface area contributed by atoms with Crippen LogP contribution in [0.5, 0.6) is 0 Å². The molecule has 2 fully saturated rings. The SMILES string of the molecule is CC(C)(C)OC(=O)N1CCC2(CC1)CC2CNC(=O)NCc1ccc(CO)cc1. The van der Waals surface area contributed by atoms with E-state index in [1.807, 2.05) is 45.0 Å². The molecule has 1 heterocycles. The van der Waals surface area contributed by atoms with Gasteiger partial charge in [0.05, 0.1) is 6.61 Å². The zero-order chi connectivity index (χ0) is 21.1. The summed E-state index contributed by atoms with van der Waals surface area (Å²) in [6, 6.07) is 7.35. The van der Waals surface area contributed by atoms with Crippen molar-refractivity contribution in [1.82, 2.24) is 15.5 Å². The second kappa shape index (κ2) is 8.61. The molecule has 3 rings (SSSR count). The lowest BCUT2D eigenvalue weighted by Gasteiger charge is -2.34. The van der Waals surface area contributed by atoms with Gasteiger partial charge < -0.3 is 25.4 Å². The first-order chi connectivity index (χ1) is 13.7. The smallest absolute Gasteiger partial charge is 0.410 e. The highest BCUT2D eigenvalue weighted by Crippen LogP contribution is 2.59. The zero-order valence-corrected chi connectivity index (χ0v) is 17.7. The standard InChI is InChI=1S/C22H33N3O4/c1-21(2,3)29-20(28)25-10-8-22(9-11-25)12-18(22)14-24-19(27)23-13-16-4-6-17(15-26)7-5-16/h4-7,18,26H,8-15H2,1-3H3,(H2,23,24,27). The van der Waals surface area contributed by atoms with E-state index < -0.39 is 5.60 Å². The molecule has 3 N–H and O–H groups in total. The molecule has 1 unspecified atom stereocenters. The number of piperidine rings is 1. The molecule has 1 saturated carbocycles. The molecule has 1 atom stereocenters. The van der Waals surface area contributed by atoms with Gasteiger partial charge in [0.15, 0.2) is 0 Å². The Hall–Kier alpha value is -2.28. The minimum Gasteiger partial charge on any atom is -0.444 e. The van der Waals surface area contributed by atoms with Crippen molar-refractivity contribution in [3.05, 3.63) is 35.4 Å². The average molecular weight is 404 g/mol. The van der Waals surface area contributed by atoms with E-state index in [4.69, 9.17) is 9.84 Å². The summed E-state index contributed by atoms with van der Waals surface area (Å²) in [6.45, 7) is 8.24. The lowest BCUT2D eigenvalue weighted by molar-refractivity contribution is 0.0166. The number of urea groups is 1. The first kappa shape index (κ1) is 21.4. The van der Waals surface area contributed by atoms with Crippen LogP contribution < -0.4 is 10.6 Å². The monoisotopic (exact) mass is 403 g/mol. The van der Waals surface area contributed by atoms with Crippen molar-refractivity contribution >= 4 is 12.1 Å². The maximum Gasteiger partial charge on any atom is 0.410 e. The number of likely N-dealkylation sites (tertiary alicyclic amines) is 1. The number of amides is 3. The number of rotatable bonds is 5. The van der Waals surface area contributed by atoms with Crippen LogP contribution in [0.2, 0.25) is 0 Å². The van der Waals surface area contributed by atoms with Crippen molar-refractivity contribution in [2.75, 3.05) is 19.6 Å². The molecule has 0 aromatic heterocycles. The number of hydrogen-bond donors (Lipinski definition) is 3. The molecule has 1 aliphatic carbocycles. The fourth-order valence-corrected chi connectivity index (χ4v) is 4.02. The van der Waals surface area contributed by atoms with Crippen LogP contribution in [0.25, 0.3) is 0 Å². The Bertz CT molecular complexity index is 719. The molecule has 1 aromatic rings. The van der Waals surface area contributed by atoms with Crippen LogP contribution in [0.15, 0.2) is 24.3 Å². The molecule has 3 amide bonds. The van der Waals surface area contributed by atoms with E-state index in [-0.39, 0.29) is 24.1 Å².